The van der Waals surface area contributed by atoms with Crippen molar-refractivity contribution in [3.63, 3.8) is 0 Å². The van der Waals surface area contributed by atoms with E-state index in [0.29, 0.717) is 6.61 Å². The fourth-order valence-electron chi connectivity index (χ4n) is 2.07. The summed E-state index contributed by atoms with van der Waals surface area (Å²) in [7, 11) is 1.95. The first-order valence-corrected chi connectivity index (χ1v) is 6.58. The summed E-state index contributed by atoms with van der Waals surface area (Å²) in [6.07, 6.45) is 1.66. The quantitative estimate of drug-likeness (QED) is 0.864. The van der Waals surface area contributed by atoms with E-state index in [0.717, 1.165) is 24.3 Å². The molecule has 2 rings (SSSR count). The molecule has 1 aromatic carbocycles. The van der Waals surface area contributed by atoms with Crippen LogP contribution in [0.25, 0.3) is 0 Å². The molecular formula is C15H21N3O. The lowest BCUT2D eigenvalue weighted by Crippen LogP contribution is -2.26. The van der Waals surface area contributed by atoms with Gasteiger partial charge in [0.15, 0.2) is 0 Å². The van der Waals surface area contributed by atoms with Crippen LogP contribution in [0.1, 0.15) is 17.8 Å². The third-order valence-corrected chi connectivity index (χ3v) is 3.07. The van der Waals surface area contributed by atoms with Crippen molar-refractivity contribution in [1.82, 2.24) is 9.78 Å². The van der Waals surface area contributed by atoms with Gasteiger partial charge in [-0.15, -0.1) is 0 Å². The molecule has 0 bridgehead atoms. The predicted molar refractivity (Wildman–Crippen MR) is 76.2 cm³/mol. The molecule has 1 aromatic heterocycles. The van der Waals surface area contributed by atoms with Gasteiger partial charge < -0.3 is 10.5 Å². The maximum atomic E-state index is 6.13. The summed E-state index contributed by atoms with van der Waals surface area (Å²) in [5.74, 6) is 0.895. The molecule has 1 unspecified atom stereocenters. The van der Waals surface area contributed by atoms with Gasteiger partial charge in [-0.1, -0.05) is 18.2 Å². The Morgan fingerprint density at radius 1 is 1.32 bits per heavy atom. The van der Waals surface area contributed by atoms with E-state index in [1.165, 1.54) is 5.69 Å². The average molecular weight is 259 g/mol. The van der Waals surface area contributed by atoms with Gasteiger partial charge in [-0.25, -0.2) is 0 Å². The normalized spacial score (nSPS) is 12.4. The zero-order valence-corrected chi connectivity index (χ0v) is 11.5. The van der Waals surface area contributed by atoms with Crippen molar-refractivity contribution in [2.45, 2.75) is 25.8 Å². The zero-order valence-electron chi connectivity index (χ0n) is 11.5. The highest BCUT2D eigenvalue weighted by atomic mass is 16.5. The molecule has 2 aromatic rings. The molecule has 0 radical (unpaired) electrons. The molecule has 102 valence electrons. The Hall–Kier alpha value is -1.81. The summed E-state index contributed by atoms with van der Waals surface area (Å²) in [4.78, 5) is 0. The average Bonchev–Trinajstić information content (AvgIpc) is 2.69. The first-order chi connectivity index (χ1) is 9.15. The lowest BCUT2D eigenvalue weighted by Gasteiger charge is -2.12. The second kappa shape index (κ2) is 6.38. The third kappa shape index (κ3) is 4.10. The number of aromatic nitrogens is 2. The Morgan fingerprint density at radius 3 is 2.68 bits per heavy atom. The van der Waals surface area contributed by atoms with E-state index in [9.17, 15) is 0 Å². The SMILES string of the molecule is Cc1cc(CC(N)CCOc2ccccc2)n(C)n1. The summed E-state index contributed by atoms with van der Waals surface area (Å²) in [6.45, 7) is 2.63. The minimum Gasteiger partial charge on any atom is -0.494 e. The smallest absolute Gasteiger partial charge is 0.119 e. The summed E-state index contributed by atoms with van der Waals surface area (Å²) in [5, 5.41) is 4.32. The first-order valence-electron chi connectivity index (χ1n) is 6.58. The molecule has 1 heterocycles. The molecule has 2 N–H and O–H groups in total. The molecule has 1 atom stereocenters. The Balaban J connectivity index is 1.76. The standard InChI is InChI=1S/C15H21N3O/c1-12-10-14(18(2)17-12)11-13(16)8-9-19-15-6-4-3-5-7-15/h3-7,10,13H,8-9,11,16H2,1-2H3. The van der Waals surface area contributed by atoms with E-state index in [2.05, 4.69) is 11.2 Å². The number of nitrogens with zero attached hydrogens (tertiary/aromatic N) is 2. The van der Waals surface area contributed by atoms with Crippen LogP contribution >= 0.6 is 0 Å². The van der Waals surface area contributed by atoms with Crippen LogP contribution in [0.5, 0.6) is 5.75 Å². The Kier molecular flexibility index (Phi) is 4.58. The number of rotatable bonds is 6. The summed E-state index contributed by atoms with van der Waals surface area (Å²) in [5.41, 5.74) is 8.33. The van der Waals surface area contributed by atoms with Gasteiger partial charge in [0.1, 0.15) is 5.75 Å². The number of benzene rings is 1. The van der Waals surface area contributed by atoms with E-state index < -0.39 is 0 Å². The summed E-state index contributed by atoms with van der Waals surface area (Å²) >= 11 is 0. The number of ether oxygens (including phenoxy) is 1. The Bertz CT molecular complexity index is 507. The fraction of sp³-hybridized carbons (Fsp3) is 0.400. The van der Waals surface area contributed by atoms with Crippen LogP contribution in [0.2, 0.25) is 0 Å². The first kappa shape index (κ1) is 13.6. The number of hydrogen-bond donors (Lipinski definition) is 1. The molecule has 0 aliphatic heterocycles. The van der Waals surface area contributed by atoms with Gasteiger partial charge in [0.05, 0.1) is 12.3 Å². The molecule has 4 heteroatoms. The number of nitrogens with two attached hydrogens (primary N) is 1. The van der Waals surface area contributed by atoms with Gasteiger partial charge in [0, 0.05) is 25.2 Å². The van der Waals surface area contributed by atoms with Gasteiger partial charge in [-0.2, -0.15) is 5.10 Å². The maximum Gasteiger partial charge on any atom is 0.119 e. The molecule has 0 saturated carbocycles. The topological polar surface area (TPSA) is 53.1 Å². The van der Waals surface area contributed by atoms with Crippen molar-refractivity contribution in [2.24, 2.45) is 12.8 Å². The molecule has 19 heavy (non-hydrogen) atoms. The molecule has 0 amide bonds. The molecule has 0 aliphatic carbocycles. The largest absolute Gasteiger partial charge is 0.494 e. The lowest BCUT2D eigenvalue weighted by atomic mass is 10.1. The van der Waals surface area contributed by atoms with Crippen LogP contribution in [-0.4, -0.2) is 22.4 Å². The van der Waals surface area contributed by atoms with Crippen LogP contribution < -0.4 is 10.5 Å². The minimum atomic E-state index is 0.0958. The van der Waals surface area contributed by atoms with Crippen LogP contribution in [0, 0.1) is 6.92 Å². The summed E-state index contributed by atoms with van der Waals surface area (Å²) < 4.78 is 7.54. The molecule has 0 saturated heterocycles. The van der Waals surface area contributed by atoms with Gasteiger partial charge in [0.25, 0.3) is 0 Å². The van der Waals surface area contributed by atoms with Crippen molar-refractivity contribution in [2.75, 3.05) is 6.61 Å². The molecule has 4 nitrogen and oxygen atoms in total. The molecule has 0 aliphatic rings. The monoisotopic (exact) mass is 259 g/mol. The maximum absolute atomic E-state index is 6.13. The second-order valence-electron chi connectivity index (χ2n) is 4.82. The van der Waals surface area contributed by atoms with Crippen molar-refractivity contribution in [1.29, 1.82) is 0 Å². The van der Waals surface area contributed by atoms with E-state index in [4.69, 9.17) is 10.5 Å². The van der Waals surface area contributed by atoms with Crippen LogP contribution in [0.3, 0.4) is 0 Å². The van der Waals surface area contributed by atoms with Crippen molar-refractivity contribution in [3.8, 4) is 5.75 Å². The molecular weight excluding hydrogens is 238 g/mol. The minimum absolute atomic E-state index is 0.0958. The third-order valence-electron chi connectivity index (χ3n) is 3.07. The highest BCUT2D eigenvalue weighted by Gasteiger charge is 2.08. The van der Waals surface area contributed by atoms with Gasteiger partial charge in [-0.05, 0) is 31.5 Å². The predicted octanol–water partition coefficient (Wildman–Crippen LogP) is 2.07. The summed E-state index contributed by atoms with van der Waals surface area (Å²) in [6, 6.07) is 12.0. The lowest BCUT2D eigenvalue weighted by molar-refractivity contribution is 0.296. The van der Waals surface area contributed by atoms with Crippen molar-refractivity contribution < 1.29 is 4.74 Å². The number of hydrogen-bond acceptors (Lipinski definition) is 3. The van der Waals surface area contributed by atoms with Crippen LogP contribution in [0.15, 0.2) is 36.4 Å². The van der Waals surface area contributed by atoms with Gasteiger partial charge in [-0.3, -0.25) is 4.68 Å². The van der Waals surface area contributed by atoms with Crippen LogP contribution in [0.4, 0.5) is 0 Å². The van der Waals surface area contributed by atoms with Gasteiger partial charge in [0.2, 0.25) is 0 Å². The Morgan fingerprint density at radius 2 is 2.05 bits per heavy atom. The van der Waals surface area contributed by atoms with Crippen LogP contribution in [-0.2, 0) is 13.5 Å². The van der Waals surface area contributed by atoms with Crippen molar-refractivity contribution in [3.05, 3.63) is 47.8 Å². The van der Waals surface area contributed by atoms with Crippen molar-refractivity contribution >= 4 is 0 Å². The highest BCUT2D eigenvalue weighted by molar-refractivity contribution is 5.20. The zero-order chi connectivity index (χ0) is 13.7. The van der Waals surface area contributed by atoms with Gasteiger partial charge >= 0.3 is 0 Å². The van der Waals surface area contributed by atoms with E-state index in [-0.39, 0.29) is 6.04 Å². The van der Waals surface area contributed by atoms with E-state index in [1.807, 2.05) is 49.0 Å². The molecule has 0 fully saturated rings. The van der Waals surface area contributed by atoms with E-state index in [1.54, 1.807) is 0 Å². The molecule has 0 spiro atoms. The highest BCUT2D eigenvalue weighted by Crippen LogP contribution is 2.10. The Labute approximate surface area is 114 Å². The number of aryl methyl sites for hydroxylation is 2. The fourth-order valence-corrected chi connectivity index (χ4v) is 2.07. The van der Waals surface area contributed by atoms with E-state index >= 15 is 0 Å². The number of para-hydroxylation sites is 1. The second-order valence-corrected chi connectivity index (χ2v) is 4.82.